The fraction of sp³-hybridized carbons (Fsp3) is 0.333. The highest BCUT2D eigenvalue weighted by atomic mass is 79.9. The molecule has 1 aliphatic rings. The number of hydrogen-bond donors (Lipinski definition) is 1. The van der Waals surface area contributed by atoms with Gasteiger partial charge in [0, 0.05) is 24.3 Å². The van der Waals surface area contributed by atoms with Crippen LogP contribution in [-0.4, -0.2) is 27.2 Å². The van der Waals surface area contributed by atoms with E-state index in [1.165, 1.54) is 0 Å². The quantitative estimate of drug-likeness (QED) is 0.655. The van der Waals surface area contributed by atoms with E-state index in [-0.39, 0.29) is 17.4 Å². The molecule has 1 saturated carbocycles. The minimum Gasteiger partial charge on any atom is -0.478 e. The first kappa shape index (κ1) is 18.6. The summed E-state index contributed by atoms with van der Waals surface area (Å²) < 4.78 is 0. The van der Waals surface area contributed by atoms with Crippen molar-refractivity contribution < 1.29 is 14.7 Å². The van der Waals surface area contributed by atoms with E-state index in [0.29, 0.717) is 13.1 Å². The van der Waals surface area contributed by atoms with Crippen LogP contribution in [0.1, 0.15) is 39.9 Å². The second kappa shape index (κ2) is 8.49. The van der Waals surface area contributed by atoms with Gasteiger partial charge < -0.3 is 10.0 Å². The molecule has 1 N–H and O–H groups in total. The summed E-state index contributed by atoms with van der Waals surface area (Å²) in [5.41, 5.74) is 3.33. The Morgan fingerprint density at radius 2 is 1.77 bits per heavy atom. The Bertz CT molecular complexity index is 787. The molecule has 5 heteroatoms. The number of hydrogen-bond acceptors (Lipinski definition) is 2. The number of amides is 1. The molecule has 26 heavy (non-hydrogen) atoms. The van der Waals surface area contributed by atoms with Crippen LogP contribution in [0, 0.1) is 5.92 Å². The maximum absolute atomic E-state index is 12.8. The monoisotopic (exact) mass is 415 g/mol. The lowest BCUT2D eigenvalue weighted by atomic mass is 10.0. The third kappa shape index (κ3) is 4.73. The van der Waals surface area contributed by atoms with Crippen molar-refractivity contribution in [3.8, 4) is 0 Å². The van der Waals surface area contributed by atoms with Gasteiger partial charge in [-0.1, -0.05) is 52.3 Å². The van der Waals surface area contributed by atoms with Crippen molar-refractivity contribution in [3.05, 3.63) is 70.8 Å². The van der Waals surface area contributed by atoms with Crippen molar-refractivity contribution in [3.63, 3.8) is 0 Å². The molecular formula is C21H22BrNO3. The lowest BCUT2D eigenvalue weighted by molar-refractivity contribution is -0.133. The van der Waals surface area contributed by atoms with Crippen LogP contribution in [0.25, 0.3) is 0 Å². The van der Waals surface area contributed by atoms with Crippen molar-refractivity contribution in [2.24, 2.45) is 5.92 Å². The Morgan fingerprint density at radius 1 is 1.04 bits per heavy atom. The molecule has 1 amide bonds. The van der Waals surface area contributed by atoms with E-state index in [1.807, 2.05) is 41.3 Å². The van der Waals surface area contributed by atoms with Gasteiger partial charge in [-0.25, -0.2) is 4.79 Å². The predicted octanol–water partition coefficient (Wildman–Crippen LogP) is 4.26. The van der Waals surface area contributed by atoms with Gasteiger partial charge >= 0.3 is 5.97 Å². The molecule has 0 spiro atoms. The van der Waals surface area contributed by atoms with Crippen LogP contribution in [0.15, 0.2) is 48.5 Å². The third-order valence-electron chi connectivity index (χ3n) is 4.63. The molecule has 0 saturated heterocycles. The molecule has 0 aliphatic heterocycles. The second-order valence-corrected chi connectivity index (χ2v) is 7.47. The molecule has 1 fully saturated rings. The van der Waals surface area contributed by atoms with Crippen LogP contribution in [-0.2, 0) is 24.3 Å². The number of nitrogens with zero attached hydrogens (tertiary/aromatic N) is 1. The van der Waals surface area contributed by atoms with Crippen LogP contribution in [0.4, 0.5) is 0 Å². The van der Waals surface area contributed by atoms with Gasteiger partial charge in [0.15, 0.2) is 0 Å². The van der Waals surface area contributed by atoms with Crippen molar-refractivity contribution in [2.75, 3.05) is 5.33 Å². The zero-order chi connectivity index (χ0) is 18.5. The van der Waals surface area contributed by atoms with Gasteiger partial charge in [-0.2, -0.15) is 0 Å². The topological polar surface area (TPSA) is 57.6 Å². The molecule has 4 nitrogen and oxygen atoms in total. The van der Waals surface area contributed by atoms with Gasteiger partial charge in [-0.05, 0) is 48.1 Å². The summed E-state index contributed by atoms with van der Waals surface area (Å²) in [7, 11) is 0. The smallest absolute Gasteiger partial charge is 0.335 e. The summed E-state index contributed by atoms with van der Waals surface area (Å²) in [6, 6.07) is 15.1. The van der Waals surface area contributed by atoms with E-state index in [2.05, 4.69) is 15.9 Å². The van der Waals surface area contributed by atoms with Gasteiger partial charge in [0.05, 0.1) is 5.56 Å². The van der Waals surface area contributed by atoms with E-state index in [9.17, 15) is 14.7 Å². The fourth-order valence-corrected chi connectivity index (χ4v) is 3.49. The number of carbonyl (C=O) groups is 2. The number of benzene rings is 2. The maximum Gasteiger partial charge on any atom is 0.335 e. The second-order valence-electron chi connectivity index (χ2n) is 6.68. The van der Waals surface area contributed by atoms with E-state index in [4.69, 9.17) is 0 Å². The summed E-state index contributed by atoms with van der Waals surface area (Å²) >= 11 is 3.45. The first-order valence-electron chi connectivity index (χ1n) is 8.82. The molecule has 0 unspecified atom stereocenters. The van der Waals surface area contributed by atoms with Crippen molar-refractivity contribution in [2.45, 2.75) is 32.4 Å². The molecule has 2 aromatic carbocycles. The third-order valence-corrected chi connectivity index (χ3v) is 5.03. The lowest BCUT2D eigenvalue weighted by Crippen LogP contribution is -2.31. The highest BCUT2D eigenvalue weighted by Gasteiger charge is 2.33. The highest BCUT2D eigenvalue weighted by molar-refractivity contribution is 9.09. The number of rotatable bonds is 8. The number of carboxylic acid groups (broad SMARTS) is 1. The molecule has 136 valence electrons. The summed E-state index contributed by atoms with van der Waals surface area (Å²) in [6.45, 7) is 0.981. The SMILES string of the molecule is O=C(O)c1ccc(CCBr)c(CN(Cc2ccccc2)C(=O)C2CC2)c1. The average Bonchev–Trinajstić information content (AvgIpc) is 3.48. The summed E-state index contributed by atoms with van der Waals surface area (Å²) in [4.78, 5) is 26.0. The number of aryl methyl sites for hydroxylation is 1. The average molecular weight is 416 g/mol. The Kier molecular flexibility index (Phi) is 6.09. The molecule has 0 bridgehead atoms. The minimum absolute atomic E-state index is 0.126. The van der Waals surface area contributed by atoms with Gasteiger partial charge in [0.1, 0.15) is 0 Å². The lowest BCUT2D eigenvalue weighted by Gasteiger charge is -2.24. The van der Waals surface area contributed by atoms with Crippen molar-refractivity contribution >= 4 is 27.8 Å². The molecule has 0 aromatic heterocycles. The zero-order valence-corrected chi connectivity index (χ0v) is 16.1. The van der Waals surface area contributed by atoms with Crippen LogP contribution in [0.5, 0.6) is 0 Å². The number of carboxylic acids is 1. The molecule has 0 atom stereocenters. The van der Waals surface area contributed by atoms with Crippen molar-refractivity contribution in [1.82, 2.24) is 4.90 Å². The largest absolute Gasteiger partial charge is 0.478 e. The number of alkyl halides is 1. The minimum atomic E-state index is -0.945. The number of halogens is 1. The molecule has 0 heterocycles. The molecule has 2 aromatic rings. The zero-order valence-electron chi connectivity index (χ0n) is 14.5. The van der Waals surface area contributed by atoms with Gasteiger partial charge in [0.25, 0.3) is 0 Å². The first-order chi connectivity index (χ1) is 12.6. The van der Waals surface area contributed by atoms with E-state index in [0.717, 1.165) is 41.3 Å². The Labute approximate surface area is 162 Å². The van der Waals surface area contributed by atoms with E-state index in [1.54, 1.807) is 12.1 Å². The maximum atomic E-state index is 12.8. The first-order valence-corrected chi connectivity index (χ1v) is 9.94. The van der Waals surface area contributed by atoms with E-state index >= 15 is 0 Å². The standard InChI is InChI=1S/C21H22BrNO3/c22-11-10-16-6-9-18(21(25)26)12-19(16)14-23(20(24)17-7-8-17)13-15-4-2-1-3-5-15/h1-6,9,12,17H,7-8,10-11,13-14H2,(H,25,26). The number of aromatic carboxylic acids is 1. The Balaban J connectivity index is 1.88. The number of carbonyl (C=O) groups excluding carboxylic acids is 1. The van der Waals surface area contributed by atoms with Gasteiger partial charge in [0.2, 0.25) is 5.91 Å². The van der Waals surface area contributed by atoms with Crippen LogP contribution >= 0.6 is 15.9 Å². The predicted molar refractivity (Wildman–Crippen MR) is 104 cm³/mol. The summed E-state index contributed by atoms with van der Waals surface area (Å²) in [6.07, 6.45) is 2.70. The summed E-state index contributed by atoms with van der Waals surface area (Å²) in [5.74, 6) is -0.653. The molecule has 3 rings (SSSR count). The molecule has 0 radical (unpaired) electrons. The van der Waals surface area contributed by atoms with Crippen LogP contribution in [0.3, 0.4) is 0 Å². The van der Waals surface area contributed by atoms with Crippen LogP contribution in [0.2, 0.25) is 0 Å². The van der Waals surface area contributed by atoms with Gasteiger partial charge in [-0.3, -0.25) is 4.79 Å². The summed E-state index contributed by atoms with van der Waals surface area (Å²) in [5, 5.41) is 10.1. The molecule has 1 aliphatic carbocycles. The normalized spacial score (nSPS) is 13.4. The highest BCUT2D eigenvalue weighted by Crippen LogP contribution is 2.32. The Morgan fingerprint density at radius 3 is 2.38 bits per heavy atom. The Hall–Kier alpha value is -2.14. The van der Waals surface area contributed by atoms with Crippen LogP contribution < -0.4 is 0 Å². The van der Waals surface area contributed by atoms with Crippen molar-refractivity contribution in [1.29, 1.82) is 0 Å². The molecular weight excluding hydrogens is 394 g/mol. The van der Waals surface area contributed by atoms with E-state index < -0.39 is 5.97 Å². The van der Waals surface area contributed by atoms with Gasteiger partial charge in [-0.15, -0.1) is 0 Å². The fourth-order valence-electron chi connectivity index (χ4n) is 3.06.